The van der Waals surface area contributed by atoms with E-state index >= 15 is 0 Å². The Morgan fingerprint density at radius 3 is 1.75 bits per heavy atom. The zero-order valence-corrected chi connectivity index (χ0v) is 3.49. The number of nitrogens with one attached hydrogen (secondary N) is 1. The van der Waals surface area contributed by atoms with E-state index in [0.29, 0.717) is 0 Å². The van der Waals surface area contributed by atoms with E-state index in [2.05, 4.69) is 0 Å². The van der Waals surface area contributed by atoms with E-state index < -0.39 is 0 Å². The fourth-order valence-corrected chi connectivity index (χ4v) is 0. The quantitative estimate of drug-likeness (QED) is 0.227. The minimum atomic E-state index is 0. The third-order valence-electron chi connectivity index (χ3n) is 0. The molecule has 0 aromatic carbocycles. The molecular formula is HN3Ru. The summed E-state index contributed by atoms with van der Waals surface area (Å²) in [4.78, 5) is 1.75. The Morgan fingerprint density at radius 2 is 1.75 bits per heavy atom. The van der Waals surface area contributed by atoms with Crippen LogP contribution in [0.5, 0.6) is 0 Å². The minimum absolute atomic E-state index is 0. The predicted molar refractivity (Wildman–Crippen MR) is 9.44 cm³/mol. The number of rotatable bonds is 0. The van der Waals surface area contributed by atoms with Crippen molar-refractivity contribution in [2.45, 2.75) is 0 Å². The van der Waals surface area contributed by atoms with Gasteiger partial charge in [0, 0.05) is 19.5 Å². The Balaban J connectivity index is 0. The number of nitrogens with zero attached hydrogens (tertiary/aromatic N) is 2. The van der Waals surface area contributed by atoms with Crippen LogP contribution in [0.15, 0.2) is 0 Å². The molecule has 1 N–H and O–H groups in total. The molecule has 0 unspecified atom stereocenters. The maximum atomic E-state index is 6.86. The SMILES string of the molecule is [N-]=[N+]=N.[Ru]. The molecular weight excluding hydrogens is 143 g/mol. The topological polar surface area (TPSA) is 60.3 Å². The van der Waals surface area contributed by atoms with E-state index in [1.807, 2.05) is 0 Å². The molecule has 0 heterocycles. The van der Waals surface area contributed by atoms with Gasteiger partial charge in [-0.3, -0.25) is 0 Å². The van der Waals surface area contributed by atoms with Crippen molar-refractivity contribution >= 4 is 0 Å². The summed E-state index contributed by atoms with van der Waals surface area (Å²) in [5.41, 5.74) is 12.2. The molecule has 0 fully saturated rings. The first-order chi connectivity index (χ1) is 1.41. The standard InChI is InChI=1S/HN3.Ru/c1-3-2;/h1H;. The van der Waals surface area contributed by atoms with Crippen molar-refractivity contribution in [1.29, 1.82) is 5.53 Å². The van der Waals surface area contributed by atoms with Crippen molar-refractivity contribution in [3.05, 3.63) is 10.4 Å². The van der Waals surface area contributed by atoms with Crippen molar-refractivity contribution in [2.24, 2.45) is 0 Å². The summed E-state index contributed by atoms with van der Waals surface area (Å²) in [6, 6.07) is 0. The Labute approximate surface area is 36.2 Å². The normalized spacial score (nSPS) is 2.00. The number of hydrogen-bond donors (Lipinski definition) is 1. The van der Waals surface area contributed by atoms with E-state index in [0.717, 1.165) is 0 Å². The Hall–Kier alpha value is -0.0666. The molecule has 24 valence electrons. The molecule has 0 aliphatic carbocycles. The molecule has 4 heavy (non-hydrogen) atoms. The largest absolute Gasteiger partial charge is 0.108 e. The second-order valence-corrected chi connectivity index (χ2v) is 0.100. The van der Waals surface area contributed by atoms with E-state index in [9.17, 15) is 0 Å². The Kier molecular flexibility index (Phi) is 28.5. The van der Waals surface area contributed by atoms with Crippen molar-refractivity contribution < 1.29 is 19.5 Å². The predicted octanol–water partition coefficient (Wildman–Crippen LogP) is 0.873. The molecule has 0 aliphatic heterocycles. The van der Waals surface area contributed by atoms with E-state index in [1.54, 1.807) is 4.91 Å². The van der Waals surface area contributed by atoms with Crippen molar-refractivity contribution in [1.82, 2.24) is 0 Å². The minimum Gasteiger partial charge on any atom is -0.108 e. The average Bonchev–Trinajstić information content (AvgIpc) is 0.918. The Morgan fingerprint density at radius 1 is 1.75 bits per heavy atom. The summed E-state index contributed by atoms with van der Waals surface area (Å²) in [6.45, 7) is 0. The van der Waals surface area contributed by atoms with Gasteiger partial charge in [-0.05, 0) is 10.4 Å². The second kappa shape index (κ2) is 12.6. The van der Waals surface area contributed by atoms with Gasteiger partial charge < -0.3 is 0 Å². The van der Waals surface area contributed by atoms with Crippen LogP contribution in [-0.2, 0) is 19.5 Å². The molecule has 0 aromatic heterocycles. The smallest absolute Gasteiger partial charge is 0 e. The molecule has 0 rings (SSSR count). The van der Waals surface area contributed by atoms with Crippen LogP contribution in [-0.4, -0.2) is 0 Å². The van der Waals surface area contributed by atoms with Crippen molar-refractivity contribution in [3.63, 3.8) is 0 Å². The van der Waals surface area contributed by atoms with E-state index in [4.69, 9.17) is 11.1 Å². The first-order valence-electron chi connectivity index (χ1n) is 0.424. The molecule has 0 saturated heterocycles. The second-order valence-electron chi connectivity index (χ2n) is 0.100. The van der Waals surface area contributed by atoms with Crippen molar-refractivity contribution in [3.8, 4) is 0 Å². The van der Waals surface area contributed by atoms with Gasteiger partial charge in [0.1, 0.15) is 0 Å². The van der Waals surface area contributed by atoms with E-state index in [1.165, 1.54) is 0 Å². The van der Waals surface area contributed by atoms with Gasteiger partial charge in [-0.25, -0.2) is 0 Å². The number of hydrogen-bond acceptors (Lipinski definition) is 1. The molecule has 0 radical (unpaired) electrons. The third-order valence-corrected chi connectivity index (χ3v) is 0. The maximum Gasteiger partial charge on any atom is 0 e. The molecule has 0 aromatic rings. The summed E-state index contributed by atoms with van der Waals surface area (Å²) >= 11 is 0. The first kappa shape index (κ1) is 9.05. The zero-order chi connectivity index (χ0) is 2.71. The van der Waals surface area contributed by atoms with Gasteiger partial charge in [-0.1, -0.05) is 0 Å². The fourth-order valence-electron chi connectivity index (χ4n) is 0. The van der Waals surface area contributed by atoms with Crippen LogP contribution in [0.3, 0.4) is 0 Å². The molecule has 0 atom stereocenters. The van der Waals surface area contributed by atoms with Gasteiger partial charge in [0.05, 0.1) is 0 Å². The summed E-state index contributed by atoms with van der Waals surface area (Å²) < 4.78 is 0. The van der Waals surface area contributed by atoms with Gasteiger partial charge >= 0.3 is 0 Å². The summed E-state index contributed by atoms with van der Waals surface area (Å²) in [7, 11) is 0. The van der Waals surface area contributed by atoms with Gasteiger partial charge in [0.25, 0.3) is 0 Å². The average molecular weight is 144 g/mol. The molecule has 0 bridgehead atoms. The molecule has 0 amide bonds. The van der Waals surface area contributed by atoms with Gasteiger partial charge in [0.2, 0.25) is 0 Å². The van der Waals surface area contributed by atoms with Crippen LogP contribution in [0.2, 0.25) is 0 Å². The van der Waals surface area contributed by atoms with Gasteiger partial charge in [-0.15, -0.1) is 5.53 Å². The van der Waals surface area contributed by atoms with Gasteiger partial charge in [0.15, 0.2) is 0 Å². The molecule has 0 aliphatic rings. The summed E-state index contributed by atoms with van der Waals surface area (Å²) in [5.74, 6) is 0. The van der Waals surface area contributed by atoms with Crippen molar-refractivity contribution in [2.75, 3.05) is 0 Å². The monoisotopic (exact) mass is 145 g/mol. The Bertz CT molecular complexity index is 24.3. The van der Waals surface area contributed by atoms with Gasteiger partial charge in [-0.2, -0.15) is 0 Å². The van der Waals surface area contributed by atoms with Crippen LogP contribution >= 0.6 is 0 Å². The molecule has 0 saturated carbocycles. The molecule has 4 heteroatoms. The summed E-state index contributed by atoms with van der Waals surface area (Å²) in [5, 5.41) is 0. The van der Waals surface area contributed by atoms with Crippen LogP contribution in [0.1, 0.15) is 0 Å². The maximum absolute atomic E-state index is 6.86. The summed E-state index contributed by atoms with van der Waals surface area (Å²) in [6.07, 6.45) is 0. The fraction of sp³-hybridized carbons (Fsp3) is 0. The van der Waals surface area contributed by atoms with Crippen LogP contribution < -0.4 is 0 Å². The first-order valence-corrected chi connectivity index (χ1v) is 0.424. The molecule has 0 spiro atoms. The van der Waals surface area contributed by atoms with Crippen LogP contribution in [0.4, 0.5) is 0 Å². The van der Waals surface area contributed by atoms with E-state index in [-0.39, 0.29) is 19.5 Å². The molecule has 3 nitrogen and oxygen atoms in total. The third kappa shape index (κ3) is 379. The zero-order valence-electron chi connectivity index (χ0n) is 1.75. The van der Waals surface area contributed by atoms with Crippen LogP contribution in [0, 0.1) is 5.53 Å². The van der Waals surface area contributed by atoms with Crippen LogP contribution in [0.25, 0.3) is 10.4 Å².